The van der Waals surface area contributed by atoms with E-state index in [4.69, 9.17) is 4.52 Å². The minimum atomic E-state index is 0.0567. The van der Waals surface area contributed by atoms with Crippen molar-refractivity contribution >= 4 is 0 Å². The van der Waals surface area contributed by atoms with Crippen molar-refractivity contribution in [2.24, 2.45) is 0 Å². The van der Waals surface area contributed by atoms with E-state index in [0.29, 0.717) is 11.7 Å². The normalized spacial score (nSPS) is 12.7. The van der Waals surface area contributed by atoms with Crippen molar-refractivity contribution in [3.63, 3.8) is 0 Å². The largest absolute Gasteiger partial charge is 0.338 e. The summed E-state index contributed by atoms with van der Waals surface area (Å²) in [7, 11) is 2.03. The first-order valence-electron chi connectivity index (χ1n) is 7.23. The minimum Gasteiger partial charge on any atom is -0.338 e. The monoisotopic (exact) mass is 297 g/mol. The van der Waals surface area contributed by atoms with Crippen LogP contribution in [0.2, 0.25) is 0 Å². The molecule has 0 aliphatic carbocycles. The Bertz CT molecular complexity index is 734. The third-order valence-corrected chi connectivity index (χ3v) is 3.65. The Labute approximate surface area is 129 Å². The Hall–Kier alpha value is -2.47. The maximum absolute atomic E-state index is 5.24. The lowest BCUT2D eigenvalue weighted by Crippen LogP contribution is -2.22. The average Bonchev–Trinajstić information content (AvgIpc) is 3.16. The van der Waals surface area contributed by atoms with Crippen molar-refractivity contribution in [1.82, 2.24) is 24.8 Å². The molecule has 3 rings (SSSR count). The predicted octanol–water partition coefficient (Wildman–Crippen LogP) is 2.76. The molecule has 1 aromatic carbocycles. The fraction of sp³-hybridized carbons (Fsp3) is 0.312. The van der Waals surface area contributed by atoms with Crippen LogP contribution in [0.25, 0.3) is 5.69 Å². The summed E-state index contributed by atoms with van der Waals surface area (Å²) in [6, 6.07) is 10.1. The lowest BCUT2D eigenvalue weighted by molar-refractivity contribution is 0.202. The summed E-state index contributed by atoms with van der Waals surface area (Å²) in [6.45, 7) is 4.63. The SMILES string of the molecule is Cc1noc(C(C)N(C)Cc2cnn(-c3ccccc3)c2)n1. The second-order valence-corrected chi connectivity index (χ2v) is 5.40. The van der Waals surface area contributed by atoms with Gasteiger partial charge >= 0.3 is 0 Å². The third-order valence-electron chi connectivity index (χ3n) is 3.65. The quantitative estimate of drug-likeness (QED) is 0.724. The average molecular weight is 297 g/mol. The van der Waals surface area contributed by atoms with Crippen LogP contribution in [0, 0.1) is 6.92 Å². The number of hydrogen-bond donors (Lipinski definition) is 0. The summed E-state index contributed by atoms with van der Waals surface area (Å²) in [5.74, 6) is 1.29. The maximum atomic E-state index is 5.24. The molecular formula is C16H19N5O. The summed E-state index contributed by atoms with van der Waals surface area (Å²) in [5.41, 5.74) is 2.19. The first kappa shape index (κ1) is 14.5. The molecular weight excluding hydrogens is 278 g/mol. The topological polar surface area (TPSA) is 60.0 Å². The second-order valence-electron chi connectivity index (χ2n) is 5.40. The lowest BCUT2D eigenvalue weighted by Gasteiger charge is -2.20. The van der Waals surface area contributed by atoms with Gasteiger partial charge in [-0.3, -0.25) is 4.90 Å². The van der Waals surface area contributed by atoms with E-state index in [-0.39, 0.29) is 6.04 Å². The summed E-state index contributed by atoms with van der Waals surface area (Å²) >= 11 is 0. The Kier molecular flexibility index (Phi) is 4.02. The summed E-state index contributed by atoms with van der Waals surface area (Å²) < 4.78 is 7.12. The molecule has 0 aliphatic heterocycles. The second kappa shape index (κ2) is 6.11. The van der Waals surface area contributed by atoms with Crippen LogP contribution in [0.4, 0.5) is 0 Å². The molecule has 0 bridgehead atoms. The molecule has 6 nitrogen and oxygen atoms in total. The predicted molar refractivity (Wildman–Crippen MR) is 82.5 cm³/mol. The molecule has 22 heavy (non-hydrogen) atoms. The standard InChI is InChI=1S/C16H19N5O/c1-12(16-18-13(2)19-22-16)20(3)10-14-9-17-21(11-14)15-7-5-4-6-8-15/h4-9,11-12H,10H2,1-3H3. The highest BCUT2D eigenvalue weighted by Gasteiger charge is 2.18. The van der Waals surface area contributed by atoms with Crippen molar-refractivity contribution in [1.29, 1.82) is 0 Å². The molecule has 6 heteroatoms. The number of rotatable bonds is 5. The molecule has 0 fully saturated rings. The van der Waals surface area contributed by atoms with Crippen LogP contribution < -0.4 is 0 Å². The fourth-order valence-corrected chi connectivity index (χ4v) is 2.26. The Morgan fingerprint density at radius 2 is 2.05 bits per heavy atom. The van der Waals surface area contributed by atoms with Gasteiger partial charge in [-0.15, -0.1) is 0 Å². The molecule has 0 radical (unpaired) electrons. The van der Waals surface area contributed by atoms with Crippen LogP contribution in [0.3, 0.4) is 0 Å². The number of nitrogens with zero attached hydrogens (tertiary/aromatic N) is 5. The van der Waals surface area contributed by atoms with Crippen LogP contribution >= 0.6 is 0 Å². The van der Waals surface area contributed by atoms with E-state index < -0.39 is 0 Å². The van der Waals surface area contributed by atoms with Gasteiger partial charge in [0.2, 0.25) is 5.89 Å². The number of para-hydroxylation sites is 1. The fourth-order valence-electron chi connectivity index (χ4n) is 2.26. The Morgan fingerprint density at radius 1 is 1.27 bits per heavy atom. The Morgan fingerprint density at radius 3 is 2.73 bits per heavy atom. The van der Waals surface area contributed by atoms with Gasteiger partial charge in [0, 0.05) is 18.3 Å². The molecule has 0 saturated heterocycles. The number of benzene rings is 1. The first-order valence-corrected chi connectivity index (χ1v) is 7.23. The minimum absolute atomic E-state index is 0.0567. The molecule has 0 spiro atoms. The molecule has 2 heterocycles. The van der Waals surface area contributed by atoms with Crippen LogP contribution in [-0.4, -0.2) is 31.9 Å². The zero-order valence-electron chi connectivity index (χ0n) is 13.0. The van der Waals surface area contributed by atoms with Crippen LogP contribution in [0.1, 0.15) is 30.2 Å². The van der Waals surface area contributed by atoms with Crippen LogP contribution in [0.5, 0.6) is 0 Å². The van der Waals surface area contributed by atoms with Gasteiger partial charge in [0.15, 0.2) is 5.82 Å². The van der Waals surface area contributed by atoms with Gasteiger partial charge < -0.3 is 4.52 Å². The molecule has 1 unspecified atom stereocenters. The lowest BCUT2D eigenvalue weighted by atomic mass is 10.2. The molecule has 0 saturated carbocycles. The highest BCUT2D eigenvalue weighted by atomic mass is 16.5. The van der Waals surface area contributed by atoms with E-state index in [2.05, 4.69) is 27.1 Å². The summed E-state index contributed by atoms with van der Waals surface area (Å²) in [5, 5.41) is 8.26. The van der Waals surface area contributed by atoms with E-state index in [1.807, 2.05) is 61.4 Å². The molecule has 0 amide bonds. The van der Waals surface area contributed by atoms with Crippen LogP contribution in [-0.2, 0) is 6.54 Å². The third kappa shape index (κ3) is 3.07. The molecule has 3 aromatic rings. The van der Waals surface area contributed by atoms with Gasteiger partial charge in [-0.25, -0.2) is 4.68 Å². The van der Waals surface area contributed by atoms with E-state index in [1.54, 1.807) is 0 Å². The molecule has 0 N–H and O–H groups in total. The van der Waals surface area contributed by atoms with Crippen LogP contribution in [0.15, 0.2) is 47.2 Å². The van der Waals surface area contributed by atoms with E-state index in [0.717, 1.165) is 17.8 Å². The van der Waals surface area contributed by atoms with E-state index in [9.17, 15) is 0 Å². The van der Waals surface area contributed by atoms with Crippen molar-refractivity contribution in [2.45, 2.75) is 26.4 Å². The highest BCUT2D eigenvalue weighted by Crippen LogP contribution is 2.19. The van der Waals surface area contributed by atoms with Crippen molar-refractivity contribution in [2.75, 3.05) is 7.05 Å². The smallest absolute Gasteiger partial charge is 0.243 e. The van der Waals surface area contributed by atoms with Crippen molar-refractivity contribution in [3.8, 4) is 5.69 Å². The van der Waals surface area contributed by atoms with Gasteiger partial charge in [0.25, 0.3) is 0 Å². The molecule has 2 aromatic heterocycles. The molecule has 1 atom stereocenters. The number of hydrogen-bond acceptors (Lipinski definition) is 5. The summed E-state index contributed by atoms with van der Waals surface area (Å²) in [6.07, 6.45) is 3.92. The highest BCUT2D eigenvalue weighted by molar-refractivity contribution is 5.30. The van der Waals surface area contributed by atoms with E-state index >= 15 is 0 Å². The number of aryl methyl sites for hydroxylation is 1. The maximum Gasteiger partial charge on any atom is 0.243 e. The van der Waals surface area contributed by atoms with Crippen molar-refractivity contribution in [3.05, 3.63) is 60.0 Å². The first-order chi connectivity index (χ1) is 10.6. The molecule has 0 aliphatic rings. The Balaban J connectivity index is 1.69. The van der Waals surface area contributed by atoms with Gasteiger partial charge in [0.1, 0.15) is 0 Å². The van der Waals surface area contributed by atoms with Gasteiger partial charge in [-0.1, -0.05) is 23.4 Å². The summed E-state index contributed by atoms with van der Waals surface area (Å²) in [4.78, 5) is 6.44. The zero-order chi connectivity index (χ0) is 15.5. The van der Waals surface area contributed by atoms with E-state index in [1.165, 1.54) is 0 Å². The van der Waals surface area contributed by atoms with Gasteiger partial charge in [0.05, 0.1) is 17.9 Å². The number of aromatic nitrogens is 4. The van der Waals surface area contributed by atoms with Gasteiger partial charge in [-0.05, 0) is 33.0 Å². The molecule has 114 valence electrons. The zero-order valence-corrected chi connectivity index (χ0v) is 13.0. The van der Waals surface area contributed by atoms with Gasteiger partial charge in [-0.2, -0.15) is 10.1 Å². The van der Waals surface area contributed by atoms with Crippen molar-refractivity contribution < 1.29 is 4.52 Å².